The summed E-state index contributed by atoms with van der Waals surface area (Å²) in [4.78, 5) is 3.08. The number of alkyl halides is 1. The molecule has 0 spiro atoms. The zero-order chi connectivity index (χ0) is 10.8. The third-order valence-electron chi connectivity index (χ3n) is 2.83. The van der Waals surface area contributed by atoms with Gasteiger partial charge >= 0.3 is 0 Å². The van der Waals surface area contributed by atoms with E-state index in [1.54, 1.807) is 4.68 Å². The Morgan fingerprint density at radius 3 is 2.87 bits per heavy atom. The fourth-order valence-electron chi connectivity index (χ4n) is 2.05. The van der Waals surface area contributed by atoms with Crippen LogP contribution in [0.25, 0.3) is 0 Å². The molecular formula is C10H17BrN4. The maximum absolute atomic E-state index is 4.08. The summed E-state index contributed by atoms with van der Waals surface area (Å²) in [5.74, 6) is 0.857. The second-order valence-electron chi connectivity index (χ2n) is 4.52. The van der Waals surface area contributed by atoms with Gasteiger partial charge in [-0.3, -0.25) is 4.68 Å². The average molecular weight is 273 g/mol. The number of hydrogen-bond donors (Lipinski definition) is 0. The normalized spacial score (nSPS) is 25.6. The van der Waals surface area contributed by atoms with Crippen molar-refractivity contribution in [1.29, 1.82) is 0 Å². The fourth-order valence-corrected chi connectivity index (χ4v) is 3.11. The molecule has 0 aliphatic heterocycles. The van der Waals surface area contributed by atoms with Gasteiger partial charge in [0.15, 0.2) is 0 Å². The molecular weight excluding hydrogens is 256 g/mol. The summed E-state index contributed by atoms with van der Waals surface area (Å²) in [5, 5.41) is 8.01. The molecule has 1 aliphatic carbocycles. The fraction of sp³-hybridized carbons (Fsp3) is 0.800. The summed E-state index contributed by atoms with van der Waals surface area (Å²) in [6, 6.07) is 0. The summed E-state index contributed by atoms with van der Waals surface area (Å²) < 4.78 is 1.75. The highest BCUT2D eigenvalue weighted by molar-refractivity contribution is 9.09. The van der Waals surface area contributed by atoms with E-state index in [2.05, 4.69) is 38.2 Å². The van der Waals surface area contributed by atoms with Gasteiger partial charge in [-0.2, -0.15) is 0 Å². The van der Waals surface area contributed by atoms with E-state index in [0.717, 1.165) is 23.0 Å². The van der Waals surface area contributed by atoms with Crippen molar-refractivity contribution in [2.24, 2.45) is 13.0 Å². The Hall–Kier alpha value is -0.420. The van der Waals surface area contributed by atoms with Crippen molar-refractivity contribution in [2.45, 2.75) is 24.2 Å². The molecule has 0 unspecified atom stereocenters. The van der Waals surface area contributed by atoms with Crippen molar-refractivity contribution in [3.63, 3.8) is 0 Å². The molecule has 0 aromatic carbocycles. The quantitative estimate of drug-likeness (QED) is 0.778. The highest BCUT2D eigenvalue weighted by Gasteiger charge is 2.27. The molecule has 0 atom stereocenters. The Kier molecular flexibility index (Phi) is 3.41. The van der Waals surface area contributed by atoms with Crippen molar-refractivity contribution in [2.75, 3.05) is 13.6 Å². The number of rotatable bonds is 4. The topological polar surface area (TPSA) is 34.0 Å². The second kappa shape index (κ2) is 4.61. The molecule has 2 rings (SSSR count). The summed E-state index contributed by atoms with van der Waals surface area (Å²) in [7, 11) is 4.05. The molecule has 1 fully saturated rings. The molecule has 0 bridgehead atoms. The van der Waals surface area contributed by atoms with Crippen LogP contribution in [0.2, 0.25) is 0 Å². The lowest BCUT2D eigenvalue weighted by molar-refractivity contribution is 0.206. The molecule has 1 saturated carbocycles. The van der Waals surface area contributed by atoms with Crippen molar-refractivity contribution in [1.82, 2.24) is 19.9 Å². The monoisotopic (exact) mass is 272 g/mol. The van der Waals surface area contributed by atoms with Crippen molar-refractivity contribution >= 4 is 15.9 Å². The van der Waals surface area contributed by atoms with Gasteiger partial charge in [0.1, 0.15) is 0 Å². The van der Waals surface area contributed by atoms with Gasteiger partial charge < -0.3 is 4.90 Å². The zero-order valence-electron chi connectivity index (χ0n) is 9.23. The highest BCUT2D eigenvalue weighted by atomic mass is 79.9. The number of hydrogen-bond acceptors (Lipinski definition) is 3. The van der Waals surface area contributed by atoms with Crippen molar-refractivity contribution < 1.29 is 0 Å². The van der Waals surface area contributed by atoms with Crippen LogP contribution in [-0.4, -0.2) is 38.3 Å². The van der Waals surface area contributed by atoms with Crippen LogP contribution in [0.15, 0.2) is 6.20 Å². The third kappa shape index (κ3) is 3.01. The number of nitrogens with zero attached hydrogens (tertiary/aromatic N) is 4. The molecule has 4 nitrogen and oxygen atoms in total. The van der Waals surface area contributed by atoms with Gasteiger partial charge in [0.2, 0.25) is 0 Å². The molecule has 0 amide bonds. The van der Waals surface area contributed by atoms with Crippen LogP contribution < -0.4 is 0 Å². The van der Waals surface area contributed by atoms with E-state index < -0.39 is 0 Å². The minimum absolute atomic E-state index is 0.757. The predicted octanol–water partition coefficient (Wildman–Crippen LogP) is 1.42. The molecule has 1 aromatic rings. The maximum Gasteiger partial charge on any atom is 0.0966 e. The van der Waals surface area contributed by atoms with Crippen molar-refractivity contribution in [3.05, 3.63) is 11.9 Å². The van der Waals surface area contributed by atoms with Gasteiger partial charge in [-0.1, -0.05) is 21.1 Å². The first-order valence-corrected chi connectivity index (χ1v) is 6.23. The molecule has 84 valence electrons. The van der Waals surface area contributed by atoms with Crippen LogP contribution in [0.1, 0.15) is 18.5 Å². The van der Waals surface area contributed by atoms with E-state index in [1.165, 1.54) is 19.4 Å². The maximum atomic E-state index is 4.08. The Balaban J connectivity index is 1.75. The van der Waals surface area contributed by atoms with Crippen LogP contribution >= 0.6 is 15.9 Å². The Morgan fingerprint density at radius 1 is 1.60 bits per heavy atom. The second-order valence-corrected chi connectivity index (χ2v) is 5.81. The van der Waals surface area contributed by atoms with Gasteiger partial charge in [-0.15, -0.1) is 5.10 Å². The lowest BCUT2D eigenvalue weighted by atomic mass is 9.85. The molecule has 0 N–H and O–H groups in total. The molecule has 15 heavy (non-hydrogen) atoms. The van der Waals surface area contributed by atoms with Gasteiger partial charge in [0.25, 0.3) is 0 Å². The molecule has 0 saturated heterocycles. The summed E-state index contributed by atoms with van der Waals surface area (Å²) in [6.45, 7) is 2.07. The highest BCUT2D eigenvalue weighted by Crippen LogP contribution is 2.33. The standard InChI is InChI=1S/C10H17BrN4/c1-14(5-8-3-9(11)4-8)6-10-7-15(2)13-12-10/h7-9H,3-6H2,1-2H3. The summed E-state index contributed by atoms with van der Waals surface area (Å²) in [5.41, 5.74) is 1.05. The Morgan fingerprint density at radius 2 is 2.33 bits per heavy atom. The zero-order valence-corrected chi connectivity index (χ0v) is 10.8. The van der Waals surface area contributed by atoms with Crippen LogP contribution in [0.4, 0.5) is 0 Å². The minimum Gasteiger partial charge on any atom is -0.300 e. The van der Waals surface area contributed by atoms with E-state index in [-0.39, 0.29) is 0 Å². The van der Waals surface area contributed by atoms with E-state index in [1.807, 2.05) is 13.2 Å². The Bertz CT molecular complexity index is 319. The summed E-state index contributed by atoms with van der Waals surface area (Å²) >= 11 is 3.62. The van der Waals surface area contributed by atoms with Crippen LogP contribution in [0.5, 0.6) is 0 Å². The van der Waals surface area contributed by atoms with E-state index in [0.29, 0.717) is 0 Å². The SMILES string of the molecule is CN(Cc1cn(C)nn1)CC1CC(Br)C1. The molecule has 1 heterocycles. The smallest absolute Gasteiger partial charge is 0.0966 e. The lowest BCUT2D eigenvalue weighted by Crippen LogP contribution is -2.34. The average Bonchev–Trinajstić information content (AvgIpc) is 2.48. The van der Waals surface area contributed by atoms with E-state index >= 15 is 0 Å². The van der Waals surface area contributed by atoms with Crippen LogP contribution in [0, 0.1) is 5.92 Å². The largest absolute Gasteiger partial charge is 0.300 e. The predicted molar refractivity (Wildman–Crippen MR) is 62.8 cm³/mol. The lowest BCUT2D eigenvalue weighted by Gasteiger charge is -2.34. The minimum atomic E-state index is 0.757. The van der Waals surface area contributed by atoms with Crippen LogP contribution in [0.3, 0.4) is 0 Å². The number of halogens is 1. The van der Waals surface area contributed by atoms with Gasteiger partial charge in [0, 0.05) is 31.2 Å². The van der Waals surface area contributed by atoms with Gasteiger partial charge in [0.05, 0.1) is 5.69 Å². The van der Waals surface area contributed by atoms with E-state index in [9.17, 15) is 0 Å². The third-order valence-corrected chi connectivity index (χ3v) is 3.58. The number of aryl methyl sites for hydroxylation is 1. The first-order chi connectivity index (χ1) is 7.13. The molecule has 0 radical (unpaired) electrons. The molecule has 1 aliphatic rings. The van der Waals surface area contributed by atoms with Gasteiger partial charge in [-0.25, -0.2) is 0 Å². The first-order valence-electron chi connectivity index (χ1n) is 5.31. The van der Waals surface area contributed by atoms with Gasteiger partial charge in [-0.05, 0) is 25.8 Å². The first kappa shape index (κ1) is 11.1. The molecule has 1 aromatic heterocycles. The van der Waals surface area contributed by atoms with Crippen molar-refractivity contribution in [3.8, 4) is 0 Å². The molecule has 5 heteroatoms. The Labute approximate surface area is 98.8 Å². The summed E-state index contributed by atoms with van der Waals surface area (Å²) in [6.07, 6.45) is 4.60. The van der Waals surface area contributed by atoms with Crippen LogP contribution in [-0.2, 0) is 13.6 Å². The van der Waals surface area contributed by atoms with E-state index in [4.69, 9.17) is 0 Å². The number of aromatic nitrogens is 3.